The average Bonchev–Trinajstić information content (AvgIpc) is 3.17. The first kappa shape index (κ1) is 18.0. The van der Waals surface area contributed by atoms with Gasteiger partial charge in [-0.15, -0.1) is 0 Å². The number of ether oxygens (including phenoxy) is 2. The number of rotatable bonds is 2. The summed E-state index contributed by atoms with van der Waals surface area (Å²) in [5.41, 5.74) is 2.54. The smallest absolute Gasteiger partial charge is 0.410 e. The van der Waals surface area contributed by atoms with Gasteiger partial charge in [0.25, 0.3) is 0 Å². The Hall–Kier alpha value is -2.83. The van der Waals surface area contributed by atoms with Crippen LogP contribution >= 0.6 is 0 Å². The number of benzene rings is 1. The molecule has 1 aliphatic rings. The van der Waals surface area contributed by atoms with Crippen LogP contribution in [0.5, 0.6) is 0 Å². The largest absolute Gasteiger partial charge is 0.465 e. The summed E-state index contributed by atoms with van der Waals surface area (Å²) in [6, 6.07) is 5.34. The SMILES string of the molecule is COC(=O)c1ccc2c(c1)c(C1=CCN(C(=O)OC(C)(C)C)C1)nn2C. The van der Waals surface area contributed by atoms with Crippen molar-refractivity contribution in [2.24, 2.45) is 7.05 Å². The molecule has 7 nitrogen and oxygen atoms in total. The summed E-state index contributed by atoms with van der Waals surface area (Å²) in [7, 11) is 3.21. The number of aryl methyl sites for hydroxylation is 1. The zero-order chi connectivity index (χ0) is 19.1. The first-order valence-electron chi connectivity index (χ1n) is 8.42. The molecule has 1 aromatic carbocycles. The van der Waals surface area contributed by atoms with Crippen molar-refractivity contribution in [1.29, 1.82) is 0 Å². The molecule has 1 amide bonds. The number of hydrogen-bond donors (Lipinski definition) is 0. The fourth-order valence-electron chi connectivity index (χ4n) is 2.94. The van der Waals surface area contributed by atoms with Gasteiger partial charge in [-0.1, -0.05) is 6.08 Å². The van der Waals surface area contributed by atoms with Crippen molar-refractivity contribution in [3.8, 4) is 0 Å². The minimum absolute atomic E-state index is 0.348. The highest BCUT2D eigenvalue weighted by Crippen LogP contribution is 2.29. The molecule has 2 heterocycles. The molecule has 138 valence electrons. The lowest BCUT2D eigenvalue weighted by atomic mass is 10.1. The highest BCUT2D eigenvalue weighted by Gasteiger charge is 2.27. The first-order valence-corrected chi connectivity index (χ1v) is 8.42. The molecule has 0 bridgehead atoms. The summed E-state index contributed by atoms with van der Waals surface area (Å²) in [6.45, 7) is 6.42. The minimum atomic E-state index is -0.535. The Labute approximate surface area is 152 Å². The topological polar surface area (TPSA) is 73.7 Å². The predicted molar refractivity (Wildman–Crippen MR) is 97.8 cm³/mol. The van der Waals surface area contributed by atoms with Crippen molar-refractivity contribution in [2.75, 3.05) is 20.2 Å². The second-order valence-corrected chi connectivity index (χ2v) is 7.29. The van der Waals surface area contributed by atoms with Crippen LogP contribution in [0, 0.1) is 0 Å². The number of nitrogens with zero attached hydrogens (tertiary/aromatic N) is 3. The van der Waals surface area contributed by atoms with Crippen LogP contribution in [0.25, 0.3) is 16.5 Å². The van der Waals surface area contributed by atoms with Crippen LogP contribution in [-0.4, -0.2) is 52.5 Å². The average molecular weight is 357 g/mol. The van der Waals surface area contributed by atoms with Crippen molar-refractivity contribution >= 4 is 28.5 Å². The molecule has 0 fully saturated rings. The van der Waals surface area contributed by atoms with E-state index in [1.165, 1.54) is 7.11 Å². The van der Waals surface area contributed by atoms with E-state index < -0.39 is 11.6 Å². The molecule has 0 radical (unpaired) electrons. The number of amides is 1. The lowest BCUT2D eigenvalue weighted by molar-refractivity contribution is 0.0306. The third-order valence-corrected chi connectivity index (χ3v) is 4.15. The van der Waals surface area contributed by atoms with E-state index in [2.05, 4.69) is 5.10 Å². The number of carbonyl (C=O) groups is 2. The van der Waals surface area contributed by atoms with Crippen LogP contribution in [0.4, 0.5) is 4.79 Å². The van der Waals surface area contributed by atoms with E-state index in [1.54, 1.807) is 21.7 Å². The van der Waals surface area contributed by atoms with Crippen molar-refractivity contribution in [1.82, 2.24) is 14.7 Å². The normalized spacial score (nSPS) is 14.5. The predicted octanol–water partition coefficient (Wildman–Crippen LogP) is 2.99. The third-order valence-electron chi connectivity index (χ3n) is 4.15. The summed E-state index contributed by atoms with van der Waals surface area (Å²) >= 11 is 0. The van der Waals surface area contributed by atoms with E-state index in [4.69, 9.17) is 9.47 Å². The number of aromatic nitrogens is 2. The summed E-state index contributed by atoms with van der Waals surface area (Å²) in [6.07, 6.45) is 1.62. The number of hydrogen-bond acceptors (Lipinski definition) is 5. The monoisotopic (exact) mass is 357 g/mol. The number of methoxy groups -OCH3 is 1. The Balaban J connectivity index is 1.89. The Morgan fingerprint density at radius 2 is 1.96 bits per heavy atom. The molecule has 0 unspecified atom stereocenters. The van der Waals surface area contributed by atoms with Gasteiger partial charge in [0.2, 0.25) is 0 Å². The molecule has 0 saturated carbocycles. The fraction of sp³-hybridized carbons (Fsp3) is 0.421. The van der Waals surface area contributed by atoms with Crippen LogP contribution < -0.4 is 0 Å². The first-order chi connectivity index (χ1) is 12.2. The zero-order valence-electron chi connectivity index (χ0n) is 15.7. The summed E-state index contributed by atoms with van der Waals surface area (Å²) < 4.78 is 12.0. The quantitative estimate of drug-likeness (QED) is 0.773. The van der Waals surface area contributed by atoms with Crippen molar-refractivity contribution in [3.63, 3.8) is 0 Å². The molecule has 0 aliphatic carbocycles. The van der Waals surface area contributed by atoms with E-state index in [0.717, 1.165) is 22.2 Å². The van der Waals surface area contributed by atoms with Gasteiger partial charge in [-0.2, -0.15) is 5.10 Å². The summed E-state index contributed by atoms with van der Waals surface area (Å²) in [4.78, 5) is 25.7. The van der Waals surface area contributed by atoms with E-state index in [1.807, 2.05) is 40.0 Å². The maximum Gasteiger partial charge on any atom is 0.410 e. The van der Waals surface area contributed by atoms with Crippen molar-refractivity contribution in [2.45, 2.75) is 26.4 Å². The Bertz CT molecular complexity index is 905. The van der Waals surface area contributed by atoms with E-state index in [9.17, 15) is 9.59 Å². The number of esters is 1. The van der Waals surface area contributed by atoms with Gasteiger partial charge in [-0.25, -0.2) is 9.59 Å². The Morgan fingerprint density at radius 1 is 1.23 bits per heavy atom. The van der Waals surface area contributed by atoms with E-state index >= 15 is 0 Å². The Morgan fingerprint density at radius 3 is 2.62 bits per heavy atom. The standard InChI is InChI=1S/C19H23N3O4/c1-19(2,3)26-18(24)22-9-8-13(11-22)16-14-10-12(17(23)25-5)6-7-15(14)21(4)20-16/h6-8,10H,9,11H2,1-5H3. The molecule has 1 aliphatic heterocycles. The van der Waals surface area contributed by atoms with Gasteiger partial charge in [-0.05, 0) is 44.5 Å². The van der Waals surface area contributed by atoms with E-state index in [-0.39, 0.29) is 6.09 Å². The Kier molecular flexibility index (Phi) is 4.48. The molecular formula is C19H23N3O4. The molecule has 1 aromatic heterocycles. The molecule has 7 heteroatoms. The van der Waals surface area contributed by atoms with Crippen LogP contribution in [0.1, 0.15) is 36.8 Å². The van der Waals surface area contributed by atoms with Crippen LogP contribution in [0.2, 0.25) is 0 Å². The second kappa shape index (κ2) is 6.48. The van der Waals surface area contributed by atoms with Gasteiger partial charge in [0.15, 0.2) is 0 Å². The molecule has 0 saturated heterocycles. The van der Waals surface area contributed by atoms with Crippen LogP contribution in [0.15, 0.2) is 24.3 Å². The molecule has 0 spiro atoms. The summed E-state index contributed by atoms with van der Waals surface area (Å²) in [5.74, 6) is -0.391. The maximum atomic E-state index is 12.3. The molecule has 2 aromatic rings. The highest BCUT2D eigenvalue weighted by molar-refractivity contribution is 5.98. The van der Waals surface area contributed by atoms with Crippen LogP contribution in [-0.2, 0) is 16.5 Å². The number of fused-ring (bicyclic) bond motifs is 1. The zero-order valence-corrected chi connectivity index (χ0v) is 15.7. The van der Waals surface area contributed by atoms with Gasteiger partial charge < -0.3 is 14.4 Å². The fourth-order valence-corrected chi connectivity index (χ4v) is 2.94. The molecule has 26 heavy (non-hydrogen) atoms. The lowest BCUT2D eigenvalue weighted by Gasteiger charge is -2.24. The van der Waals surface area contributed by atoms with Gasteiger partial charge in [0.05, 0.1) is 30.4 Å². The summed E-state index contributed by atoms with van der Waals surface area (Å²) in [5, 5.41) is 5.44. The number of carbonyl (C=O) groups excluding carboxylic acids is 2. The van der Waals surface area contributed by atoms with Crippen molar-refractivity contribution < 1.29 is 19.1 Å². The second-order valence-electron chi connectivity index (χ2n) is 7.29. The van der Waals surface area contributed by atoms with Gasteiger partial charge >= 0.3 is 12.1 Å². The minimum Gasteiger partial charge on any atom is -0.465 e. The van der Waals surface area contributed by atoms with Gasteiger partial charge in [0.1, 0.15) is 5.60 Å². The molecule has 0 atom stereocenters. The molecule has 3 rings (SSSR count). The van der Waals surface area contributed by atoms with Gasteiger partial charge in [-0.3, -0.25) is 4.68 Å². The maximum absolute atomic E-state index is 12.3. The molecular weight excluding hydrogens is 334 g/mol. The van der Waals surface area contributed by atoms with Gasteiger partial charge in [0, 0.05) is 19.0 Å². The lowest BCUT2D eigenvalue weighted by Crippen LogP contribution is -2.35. The third kappa shape index (κ3) is 3.42. The van der Waals surface area contributed by atoms with Crippen molar-refractivity contribution in [3.05, 3.63) is 35.5 Å². The van der Waals surface area contributed by atoms with E-state index in [0.29, 0.717) is 18.7 Å². The molecule has 0 N–H and O–H groups in total. The van der Waals surface area contributed by atoms with Crippen LogP contribution in [0.3, 0.4) is 0 Å². The highest BCUT2D eigenvalue weighted by atomic mass is 16.6.